The molecule has 35 heavy (non-hydrogen) atoms. The van der Waals surface area contributed by atoms with Crippen molar-refractivity contribution in [1.29, 1.82) is 5.26 Å². The molecule has 180 valence electrons. The molecule has 2 aromatic carbocycles. The van der Waals surface area contributed by atoms with E-state index in [2.05, 4.69) is 25.7 Å². The van der Waals surface area contributed by atoms with Crippen molar-refractivity contribution in [3.8, 4) is 6.07 Å². The summed E-state index contributed by atoms with van der Waals surface area (Å²) in [7, 11) is 0. The summed E-state index contributed by atoms with van der Waals surface area (Å²) in [4.78, 5) is 34.7. The summed E-state index contributed by atoms with van der Waals surface area (Å²) in [6.45, 7) is 5.56. The largest absolute Gasteiger partial charge is 0.476 e. The van der Waals surface area contributed by atoms with Crippen LogP contribution in [0.2, 0.25) is 10.0 Å². The minimum Gasteiger partial charge on any atom is -0.476 e. The number of halogens is 2. The number of nitrogens with one attached hydrogen (secondary N) is 3. The molecule has 0 fully saturated rings. The fourth-order valence-corrected chi connectivity index (χ4v) is 2.49. The molecular formula is C22H19Cl2N7O4. The summed E-state index contributed by atoms with van der Waals surface area (Å²) in [5, 5.41) is 28.2. The van der Waals surface area contributed by atoms with Crippen molar-refractivity contribution in [1.82, 2.24) is 10.2 Å². The highest BCUT2D eigenvalue weighted by Crippen LogP contribution is 2.22. The van der Waals surface area contributed by atoms with E-state index in [1.165, 1.54) is 6.20 Å². The number of benzene rings is 2. The van der Waals surface area contributed by atoms with Crippen LogP contribution in [0.15, 0.2) is 54.7 Å². The second kappa shape index (κ2) is 15.3. The molecule has 0 radical (unpaired) electrons. The number of carbonyl (C=O) groups excluding carboxylic acids is 2. The van der Waals surface area contributed by atoms with Crippen LogP contribution in [0.5, 0.6) is 0 Å². The topological polar surface area (TPSA) is 178 Å². The number of hydrogen-bond acceptors (Lipinski definition) is 6. The Morgan fingerprint density at radius 2 is 1.63 bits per heavy atom. The molecule has 6 N–H and O–H groups in total. The van der Waals surface area contributed by atoms with Gasteiger partial charge in [0.1, 0.15) is 17.8 Å². The number of nitrogen functional groups attached to an aromatic ring is 1. The van der Waals surface area contributed by atoms with Crippen LogP contribution in [-0.4, -0.2) is 39.6 Å². The van der Waals surface area contributed by atoms with Gasteiger partial charge in [0, 0.05) is 0 Å². The lowest BCUT2D eigenvalue weighted by Gasteiger charge is -2.05. The highest BCUT2D eigenvalue weighted by molar-refractivity contribution is 6.34. The monoisotopic (exact) mass is 515 g/mol. The lowest BCUT2D eigenvalue weighted by atomic mass is 10.2. The Kier molecular flexibility index (Phi) is 12.4. The first-order valence-corrected chi connectivity index (χ1v) is 10.3. The van der Waals surface area contributed by atoms with Gasteiger partial charge in [-0.2, -0.15) is 10.4 Å². The van der Waals surface area contributed by atoms with E-state index in [1.807, 2.05) is 0 Å². The number of aromatic amines is 1. The fourth-order valence-electron chi connectivity index (χ4n) is 2.13. The lowest BCUT2D eigenvalue weighted by Crippen LogP contribution is -2.13. The second-order valence-corrected chi connectivity index (χ2v) is 7.02. The number of hydrogen-bond donors (Lipinski definition) is 5. The van der Waals surface area contributed by atoms with Crippen molar-refractivity contribution >= 4 is 58.2 Å². The van der Waals surface area contributed by atoms with Gasteiger partial charge in [-0.25, -0.2) is 11.4 Å². The smallest absolute Gasteiger partial charge is 0.384 e. The number of carboxylic acid groups (broad SMARTS) is 1. The van der Waals surface area contributed by atoms with Gasteiger partial charge in [-0.1, -0.05) is 47.5 Å². The predicted octanol–water partition coefficient (Wildman–Crippen LogP) is 4.08. The van der Waals surface area contributed by atoms with Crippen molar-refractivity contribution in [3.05, 3.63) is 81.8 Å². The number of nitriles is 1. The van der Waals surface area contributed by atoms with Crippen LogP contribution >= 0.6 is 23.2 Å². The van der Waals surface area contributed by atoms with Crippen molar-refractivity contribution in [2.24, 2.45) is 0 Å². The van der Waals surface area contributed by atoms with E-state index >= 15 is 0 Å². The van der Waals surface area contributed by atoms with Gasteiger partial charge in [0.25, 0.3) is 5.91 Å². The Balaban J connectivity index is 0.000000290. The third-order valence-electron chi connectivity index (χ3n) is 3.64. The number of aromatic nitrogens is 2. The summed E-state index contributed by atoms with van der Waals surface area (Å²) in [5.41, 5.74) is 6.88. The minimum absolute atomic E-state index is 0.161. The molecule has 13 heteroatoms. The molecule has 0 aliphatic carbocycles. The molecule has 0 spiro atoms. The minimum atomic E-state index is -1.06. The molecule has 0 aliphatic rings. The first-order chi connectivity index (χ1) is 16.7. The third kappa shape index (κ3) is 10.7. The standard InChI is InChI=1S/C10H9ClN4O.C9H7ClN2O.C3H3NO2/c11-7-3-1-2-4-8(7)14-10(16)6-5-13-15-9(6)12;10-7-3-1-2-4-8(7)12-9(13)5-6-11;1-4-2-3(5)6/h1-5H,(H,14,16)(H3,12,13,15);1-4H,5H2,(H,12,13);2H2,(H,5,6). The molecule has 0 atom stereocenters. The third-order valence-corrected chi connectivity index (χ3v) is 4.30. The highest BCUT2D eigenvalue weighted by Gasteiger charge is 2.12. The van der Waals surface area contributed by atoms with Crippen LogP contribution in [0.1, 0.15) is 16.8 Å². The van der Waals surface area contributed by atoms with Gasteiger partial charge < -0.3 is 26.3 Å². The molecule has 3 rings (SSSR count). The molecule has 1 heterocycles. The van der Waals surface area contributed by atoms with Gasteiger partial charge in [-0.05, 0) is 24.3 Å². The van der Waals surface area contributed by atoms with Gasteiger partial charge in [-0.3, -0.25) is 14.7 Å². The summed E-state index contributed by atoms with van der Waals surface area (Å²) in [6.07, 6.45) is 1.20. The molecule has 3 aromatic rings. The molecule has 2 amide bonds. The highest BCUT2D eigenvalue weighted by atomic mass is 35.5. The zero-order chi connectivity index (χ0) is 26.2. The summed E-state index contributed by atoms with van der Waals surface area (Å²) >= 11 is 11.7. The van der Waals surface area contributed by atoms with E-state index in [-0.39, 0.29) is 24.1 Å². The maximum atomic E-state index is 11.7. The molecule has 11 nitrogen and oxygen atoms in total. The number of aliphatic carboxylic acids is 1. The van der Waals surface area contributed by atoms with E-state index < -0.39 is 12.5 Å². The van der Waals surface area contributed by atoms with E-state index in [0.29, 0.717) is 27.0 Å². The van der Waals surface area contributed by atoms with Crippen LogP contribution in [-0.2, 0) is 9.59 Å². The fraction of sp³-hybridized carbons (Fsp3) is 0.0909. The van der Waals surface area contributed by atoms with Crippen molar-refractivity contribution < 1.29 is 19.5 Å². The molecule has 0 saturated carbocycles. The Morgan fingerprint density at radius 3 is 2.03 bits per heavy atom. The number of rotatable bonds is 5. The van der Waals surface area contributed by atoms with E-state index in [9.17, 15) is 14.4 Å². The van der Waals surface area contributed by atoms with Crippen molar-refractivity contribution in [2.75, 3.05) is 22.9 Å². The van der Waals surface area contributed by atoms with Crippen molar-refractivity contribution in [3.63, 3.8) is 0 Å². The van der Waals surface area contributed by atoms with Crippen LogP contribution < -0.4 is 16.4 Å². The molecule has 0 unspecified atom stereocenters. The summed E-state index contributed by atoms with van der Waals surface area (Å²) in [5.74, 6) is -1.54. The van der Waals surface area contributed by atoms with Gasteiger partial charge in [0.2, 0.25) is 5.91 Å². The number of H-pyrrole nitrogens is 1. The van der Waals surface area contributed by atoms with E-state index in [0.717, 1.165) is 0 Å². The molecule has 0 aliphatic heterocycles. The number of carboxylic acids is 1. The quantitative estimate of drug-likeness (QED) is 0.317. The Hall–Kier alpha value is -4.58. The number of para-hydroxylation sites is 2. The molecule has 1 aromatic heterocycles. The normalized spacial score (nSPS) is 9.03. The number of amides is 2. The predicted molar refractivity (Wildman–Crippen MR) is 132 cm³/mol. The molecular weight excluding hydrogens is 497 g/mol. The molecule has 0 saturated heterocycles. The number of anilines is 3. The average Bonchev–Trinajstić information content (AvgIpc) is 3.24. The summed E-state index contributed by atoms with van der Waals surface area (Å²) in [6, 6.07) is 15.6. The number of nitrogens with zero attached hydrogens (tertiary/aromatic N) is 3. The van der Waals surface area contributed by atoms with Gasteiger partial charge in [0.15, 0.2) is 0 Å². The van der Waals surface area contributed by atoms with Crippen LogP contribution in [0.25, 0.3) is 4.85 Å². The van der Waals surface area contributed by atoms with Gasteiger partial charge >= 0.3 is 12.5 Å². The average molecular weight is 516 g/mol. The first-order valence-electron chi connectivity index (χ1n) is 9.50. The van der Waals surface area contributed by atoms with E-state index in [1.54, 1.807) is 54.6 Å². The SMILES string of the molecule is N#CCC(=O)Nc1ccccc1Cl.Nc1[nH]ncc1C(=O)Nc1ccccc1Cl.[C-]#[N+]CC(=O)O. The van der Waals surface area contributed by atoms with Crippen LogP contribution in [0.3, 0.4) is 0 Å². The van der Waals surface area contributed by atoms with Gasteiger partial charge in [0.05, 0.1) is 33.7 Å². The van der Waals surface area contributed by atoms with Gasteiger partial charge in [-0.15, -0.1) is 0 Å². The molecule has 0 bridgehead atoms. The number of carbonyl (C=O) groups is 3. The zero-order valence-corrected chi connectivity index (χ0v) is 19.5. The maximum absolute atomic E-state index is 11.7. The van der Waals surface area contributed by atoms with Crippen LogP contribution in [0, 0.1) is 17.9 Å². The maximum Gasteiger partial charge on any atom is 0.384 e. The zero-order valence-electron chi connectivity index (χ0n) is 18.0. The Labute approximate surface area is 210 Å². The first kappa shape index (κ1) is 28.5. The van der Waals surface area contributed by atoms with E-state index in [4.69, 9.17) is 45.9 Å². The lowest BCUT2D eigenvalue weighted by molar-refractivity contribution is -0.134. The number of nitrogens with two attached hydrogens (primary N) is 1. The van der Waals surface area contributed by atoms with Crippen molar-refractivity contribution in [2.45, 2.75) is 6.42 Å². The second-order valence-electron chi connectivity index (χ2n) is 6.20. The Morgan fingerprint density at radius 1 is 1.09 bits per heavy atom. The van der Waals surface area contributed by atoms with Crippen LogP contribution in [0.4, 0.5) is 17.2 Å². The Bertz CT molecular complexity index is 1250. The summed E-state index contributed by atoms with van der Waals surface area (Å²) < 4.78 is 0.